The van der Waals surface area contributed by atoms with Gasteiger partial charge in [0.25, 0.3) is 5.91 Å². The summed E-state index contributed by atoms with van der Waals surface area (Å²) in [5.74, 6) is 2.36. The topological polar surface area (TPSA) is 65.4 Å². The highest BCUT2D eigenvalue weighted by molar-refractivity contribution is 6.30. The van der Waals surface area contributed by atoms with Crippen molar-refractivity contribution >= 4 is 28.5 Å². The first-order chi connectivity index (χ1) is 17.0. The zero-order valence-corrected chi connectivity index (χ0v) is 20.8. The van der Waals surface area contributed by atoms with E-state index in [4.69, 9.17) is 26.1 Å². The van der Waals surface area contributed by atoms with Gasteiger partial charge in [0, 0.05) is 18.0 Å². The van der Waals surface area contributed by atoms with Crippen molar-refractivity contribution in [1.82, 2.24) is 14.9 Å². The van der Waals surface area contributed by atoms with Gasteiger partial charge in [0.15, 0.2) is 6.61 Å². The highest BCUT2D eigenvalue weighted by Gasteiger charge is 2.11. The van der Waals surface area contributed by atoms with E-state index >= 15 is 0 Å². The van der Waals surface area contributed by atoms with Crippen LogP contribution in [0.25, 0.3) is 11.0 Å². The second-order valence-corrected chi connectivity index (χ2v) is 8.92. The van der Waals surface area contributed by atoms with Gasteiger partial charge < -0.3 is 19.4 Å². The molecule has 0 bridgehead atoms. The van der Waals surface area contributed by atoms with Gasteiger partial charge in [-0.05, 0) is 73.9 Å². The van der Waals surface area contributed by atoms with Crippen LogP contribution in [-0.4, -0.2) is 35.2 Å². The number of fused-ring (bicyclic) bond motifs is 1. The smallest absolute Gasteiger partial charge is 0.257 e. The SMILES string of the molecule is Cc1ccc(C)c(OCCn2c(CCCNC(=O)COc3ccc(Cl)cc3)nc3ccccc32)c1. The Bertz CT molecular complexity index is 1280. The van der Waals surface area contributed by atoms with Crippen molar-refractivity contribution in [3.63, 3.8) is 0 Å². The molecule has 0 unspecified atom stereocenters. The maximum absolute atomic E-state index is 12.1. The van der Waals surface area contributed by atoms with Crippen molar-refractivity contribution in [2.24, 2.45) is 0 Å². The summed E-state index contributed by atoms with van der Waals surface area (Å²) < 4.78 is 13.8. The van der Waals surface area contributed by atoms with Gasteiger partial charge in [0.1, 0.15) is 23.9 Å². The number of aryl methyl sites for hydroxylation is 3. The molecule has 0 aliphatic heterocycles. The molecule has 0 saturated carbocycles. The first-order valence-corrected chi connectivity index (χ1v) is 12.2. The van der Waals surface area contributed by atoms with Crippen LogP contribution in [0.4, 0.5) is 0 Å². The number of rotatable bonds is 11. The standard InChI is InChI=1S/C28H30ClN3O3/c1-20-9-10-21(2)26(18-20)34-17-16-32-25-7-4-3-6-24(25)31-27(32)8-5-15-30-28(33)19-35-23-13-11-22(29)12-14-23/h3-4,6-7,9-14,18H,5,8,15-17,19H2,1-2H3,(H,30,33). The van der Waals surface area contributed by atoms with Gasteiger partial charge in [-0.15, -0.1) is 0 Å². The summed E-state index contributed by atoms with van der Waals surface area (Å²) in [7, 11) is 0. The highest BCUT2D eigenvalue weighted by atomic mass is 35.5. The molecule has 0 radical (unpaired) electrons. The summed E-state index contributed by atoms with van der Waals surface area (Å²) in [4.78, 5) is 17.0. The third-order valence-corrected chi connectivity index (χ3v) is 5.98. The van der Waals surface area contributed by atoms with Crippen LogP contribution in [0, 0.1) is 13.8 Å². The number of ether oxygens (including phenoxy) is 2. The molecule has 35 heavy (non-hydrogen) atoms. The Kier molecular flexibility index (Phi) is 8.27. The number of carbonyl (C=O) groups excluding carboxylic acids is 1. The van der Waals surface area contributed by atoms with E-state index in [1.165, 1.54) is 5.56 Å². The minimum Gasteiger partial charge on any atom is -0.491 e. The first kappa shape index (κ1) is 24.6. The van der Waals surface area contributed by atoms with Crippen LogP contribution in [-0.2, 0) is 17.8 Å². The van der Waals surface area contributed by atoms with Gasteiger partial charge in [0.05, 0.1) is 17.6 Å². The van der Waals surface area contributed by atoms with E-state index in [2.05, 4.69) is 48.0 Å². The third kappa shape index (κ3) is 6.76. The van der Waals surface area contributed by atoms with Crippen LogP contribution < -0.4 is 14.8 Å². The van der Waals surface area contributed by atoms with Gasteiger partial charge in [-0.3, -0.25) is 4.79 Å². The van der Waals surface area contributed by atoms with Gasteiger partial charge in [-0.25, -0.2) is 4.98 Å². The lowest BCUT2D eigenvalue weighted by Gasteiger charge is -2.13. The molecule has 7 heteroatoms. The zero-order chi connectivity index (χ0) is 24.6. The Morgan fingerprint density at radius 2 is 1.83 bits per heavy atom. The zero-order valence-electron chi connectivity index (χ0n) is 20.1. The molecule has 0 aliphatic carbocycles. The second-order valence-electron chi connectivity index (χ2n) is 8.48. The van der Waals surface area contributed by atoms with Crippen molar-refractivity contribution in [3.8, 4) is 11.5 Å². The minimum atomic E-state index is -0.157. The number of halogens is 1. The largest absolute Gasteiger partial charge is 0.491 e. The van der Waals surface area contributed by atoms with Gasteiger partial charge in [-0.2, -0.15) is 0 Å². The molecule has 0 spiro atoms. The maximum atomic E-state index is 12.1. The number of benzene rings is 3. The number of nitrogens with zero attached hydrogens (tertiary/aromatic N) is 2. The van der Waals surface area contributed by atoms with E-state index < -0.39 is 0 Å². The van der Waals surface area contributed by atoms with Crippen molar-refractivity contribution in [2.45, 2.75) is 33.2 Å². The quantitative estimate of drug-likeness (QED) is 0.281. The first-order valence-electron chi connectivity index (χ1n) is 11.8. The molecule has 1 amide bonds. The summed E-state index contributed by atoms with van der Waals surface area (Å²) in [5, 5.41) is 3.54. The maximum Gasteiger partial charge on any atom is 0.257 e. The number of carbonyl (C=O) groups is 1. The molecule has 3 aromatic carbocycles. The number of aromatic nitrogens is 2. The molecule has 1 N–H and O–H groups in total. The summed E-state index contributed by atoms with van der Waals surface area (Å²) in [6, 6.07) is 21.3. The molecule has 1 aromatic heterocycles. The highest BCUT2D eigenvalue weighted by Crippen LogP contribution is 2.21. The minimum absolute atomic E-state index is 0.0319. The normalized spacial score (nSPS) is 10.9. The molecule has 4 aromatic rings. The Balaban J connectivity index is 1.29. The molecular weight excluding hydrogens is 462 g/mol. The Labute approximate surface area is 210 Å². The number of para-hydroxylation sites is 2. The van der Waals surface area contributed by atoms with E-state index in [0.717, 1.165) is 41.0 Å². The van der Waals surface area contributed by atoms with Crippen LogP contribution >= 0.6 is 11.6 Å². The lowest BCUT2D eigenvalue weighted by Crippen LogP contribution is -2.30. The molecule has 0 saturated heterocycles. The van der Waals surface area contributed by atoms with Gasteiger partial charge in [-0.1, -0.05) is 35.9 Å². The number of hydrogen-bond donors (Lipinski definition) is 1. The summed E-state index contributed by atoms with van der Waals surface area (Å²) in [5.41, 5.74) is 4.36. The lowest BCUT2D eigenvalue weighted by atomic mass is 10.1. The number of hydrogen-bond acceptors (Lipinski definition) is 4. The number of nitrogens with one attached hydrogen (secondary N) is 1. The summed E-state index contributed by atoms with van der Waals surface area (Å²) in [6.45, 7) is 5.89. The van der Waals surface area contributed by atoms with Gasteiger partial charge >= 0.3 is 0 Å². The van der Waals surface area contributed by atoms with Crippen LogP contribution in [0.15, 0.2) is 66.7 Å². The van der Waals surface area contributed by atoms with E-state index in [1.807, 2.05) is 18.2 Å². The van der Waals surface area contributed by atoms with Crippen LogP contribution in [0.5, 0.6) is 11.5 Å². The van der Waals surface area contributed by atoms with Crippen molar-refractivity contribution in [2.75, 3.05) is 19.8 Å². The predicted molar refractivity (Wildman–Crippen MR) is 139 cm³/mol. The van der Waals surface area contributed by atoms with E-state index in [-0.39, 0.29) is 12.5 Å². The van der Waals surface area contributed by atoms with Crippen molar-refractivity contribution in [1.29, 1.82) is 0 Å². The lowest BCUT2D eigenvalue weighted by molar-refractivity contribution is -0.123. The number of imidazole rings is 1. The second kappa shape index (κ2) is 11.8. The molecule has 0 aliphatic rings. The van der Waals surface area contributed by atoms with Crippen LogP contribution in [0.3, 0.4) is 0 Å². The molecular formula is C28H30ClN3O3. The predicted octanol–water partition coefficient (Wildman–Crippen LogP) is 5.51. The Hall–Kier alpha value is -3.51. The fraction of sp³-hybridized carbons (Fsp3) is 0.286. The average molecular weight is 492 g/mol. The van der Waals surface area contributed by atoms with E-state index in [1.54, 1.807) is 24.3 Å². The fourth-order valence-electron chi connectivity index (χ4n) is 3.88. The molecule has 6 nitrogen and oxygen atoms in total. The molecule has 1 heterocycles. The monoisotopic (exact) mass is 491 g/mol. The Morgan fingerprint density at radius 1 is 1.03 bits per heavy atom. The summed E-state index contributed by atoms with van der Waals surface area (Å²) in [6.07, 6.45) is 1.52. The number of amides is 1. The van der Waals surface area contributed by atoms with Crippen LogP contribution in [0.1, 0.15) is 23.4 Å². The third-order valence-electron chi connectivity index (χ3n) is 5.73. The van der Waals surface area contributed by atoms with E-state index in [0.29, 0.717) is 30.5 Å². The molecule has 4 rings (SSSR count). The van der Waals surface area contributed by atoms with Crippen molar-refractivity contribution < 1.29 is 14.3 Å². The Morgan fingerprint density at radius 3 is 2.66 bits per heavy atom. The molecule has 0 fully saturated rings. The van der Waals surface area contributed by atoms with Gasteiger partial charge in [0.2, 0.25) is 0 Å². The molecule has 0 atom stereocenters. The summed E-state index contributed by atoms with van der Waals surface area (Å²) >= 11 is 5.87. The molecule has 182 valence electrons. The average Bonchev–Trinajstić information content (AvgIpc) is 3.21. The van der Waals surface area contributed by atoms with Crippen LogP contribution in [0.2, 0.25) is 5.02 Å². The van der Waals surface area contributed by atoms with E-state index in [9.17, 15) is 4.79 Å². The van der Waals surface area contributed by atoms with Crippen molar-refractivity contribution in [3.05, 3.63) is 88.7 Å². The fourth-order valence-corrected chi connectivity index (χ4v) is 4.01.